The van der Waals surface area contributed by atoms with Crippen LogP contribution in [-0.4, -0.2) is 16.3 Å². The van der Waals surface area contributed by atoms with Crippen molar-refractivity contribution >= 4 is 33.2 Å². The van der Waals surface area contributed by atoms with E-state index >= 15 is 0 Å². The van der Waals surface area contributed by atoms with Crippen molar-refractivity contribution in [1.82, 2.24) is 4.57 Å². The fourth-order valence-electron chi connectivity index (χ4n) is 2.94. The van der Waals surface area contributed by atoms with Crippen LogP contribution in [-0.2, 0) is 7.05 Å². The van der Waals surface area contributed by atoms with Crippen molar-refractivity contribution in [3.8, 4) is 0 Å². The van der Waals surface area contributed by atoms with Gasteiger partial charge in [0, 0.05) is 23.7 Å². The van der Waals surface area contributed by atoms with Crippen molar-refractivity contribution in [3.05, 3.63) is 100 Å². The minimum absolute atomic E-state index is 0.108. The fourth-order valence-corrected chi connectivity index (χ4v) is 3.97. The van der Waals surface area contributed by atoms with Gasteiger partial charge in [-0.3, -0.25) is 9.59 Å². The molecule has 138 valence electrons. The van der Waals surface area contributed by atoms with Crippen molar-refractivity contribution in [2.24, 2.45) is 12.0 Å². The number of benzene rings is 3. The first kappa shape index (κ1) is 18.0. The van der Waals surface area contributed by atoms with Gasteiger partial charge in [0.2, 0.25) is 0 Å². The van der Waals surface area contributed by atoms with Crippen LogP contribution in [0.1, 0.15) is 26.3 Å². The summed E-state index contributed by atoms with van der Waals surface area (Å²) in [5.41, 5.74) is 1.87. The molecular formula is C22H15FN2O2S. The third kappa shape index (κ3) is 3.30. The van der Waals surface area contributed by atoms with Gasteiger partial charge < -0.3 is 4.57 Å². The monoisotopic (exact) mass is 390 g/mol. The first-order chi connectivity index (χ1) is 13.5. The van der Waals surface area contributed by atoms with Gasteiger partial charge in [-0.25, -0.2) is 4.39 Å². The van der Waals surface area contributed by atoms with Gasteiger partial charge in [0.1, 0.15) is 5.82 Å². The second kappa shape index (κ2) is 7.32. The minimum atomic E-state index is -0.443. The van der Waals surface area contributed by atoms with E-state index in [2.05, 4.69) is 4.99 Å². The number of nitrogens with zero attached hydrogens (tertiary/aromatic N) is 2. The summed E-state index contributed by atoms with van der Waals surface area (Å²) in [4.78, 5) is 29.5. The van der Waals surface area contributed by atoms with Crippen LogP contribution in [0.5, 0.6) is 0 Å². The van der Waals surface area contributed by atoms with Crippen molar-refractivity contribution < 1.29 is 14.0 Å². The number of hydrogen-bond acceptors (Lipinski definition) is 3. The quantitative estimate of drug-likeness (QED) is 0.488. The van der Waals surface area contributed by atoms with Gasteiger partial charge in [0.15, 0.2) is 10.6 Å². The molecule has 0 radical (unpaired) electrons. The van der Waals surface area contributed by atoms with Crippen molar-refractivity contribution in [3.63, 3.8) is 0 Å². The van der Waals surface area contributed by atoms with E-state index in [0.29, 0.717) is 27.0 Å². The molecular weight excluding hydrogens is 375 g/mol. The number of ketones is 1. The molecule has 4 nitrogen and oxygen atoms in total. The van der Waals surface area contributed by atoms with Crippen LogP contribution in [0, 0.1) is 5.82 Å². The SMILES string of the molecule is Cn1c(=NC(=O)c2ccc(C(=O)c3ccccc3)cc2)sc2cccc(F)c21. The third-order valence-electron chi connectivity index (χ3n) is 4.40. The number of halogens is 1. The molecule has 28 heavy (non-hydrogen) atoms. The topological polar surface area (TPSA) is 51.4 Å². The average Bonchev–Trinajstić information content (AvgIpc) is 3.04. The number of aryl methyl sites for hydroxylation is 1. The molecule has 4 rings (SSSR count). The highest BCUT2D eigenvalue weighted by atomic mass is 32.1. The molecule has 0 aliphatic rings. The molecule has 0 aliphatic carbocycles. The molecule has 1 aromatic heterocycles. The van der Waals surface area contributed by atoms with Crippen LogP contribution in [0.3, 0.4) is 0 Å². The Labute approximate surface area is 164 Å². The Morgan fingerprint density at radius 2 is 1.50 bits per heavy atom. The first-order valence-electron chi connectivity index (χ1n) is 8.57. The molecule has 0 fully saturated rings. The van der Waals surface area contributed by atoms with E-state index in [-0.39, 0.29) is 11.6 Å². The van der Waals surface area contributed by atoms with E-state index in [1.165, 1.54) is 17.4 Å². The zero-order chi connectivity index (χ0) is 19.7. The van der Waals surface area contributed by atoms with Crippen LogP contribution in [0.25, 0.3) is 10.2 Å². The number of aromatic nitrogens is 1. The number of rotatable bonds is 3. The second-order valence-electron chi connectivity index (χ2n) is 6.22. The predicted molar refractivity (Wildman–Crippen MR) is 107 cm³/mol. The molecule has 0 unspecified atom stereocenters. The predicted octanol–water partition coefficient (Wildman–Crippen LogP) is 4.35. The molecule has 0 atom stereocenters. The van der Waals surface area contributed by atoms with Crippen LogP contribution in [0.4, 0.5) is 4.39 Å². The standard InChI is InChI=1S/C22H15FN2O2S/c1-25-19-17(23)8-5-9-18(19)28-22(25)24-21(27)16-12-10-15(11-13-16)20(26)14-6-3-2-4-7-14/h2-13H,1H3. The molecule has 0 bridgehead atoms. The molecule has 0 saturated heterocycles. The number of fused-ring (bicyclic) bond motifs is 1. The van der Waals surface area contributed by atoms with Crippen molar-refractivity contribution in [2.45, 2.75) is 0 Å². The molecule has 0 aliphatic heterocycles. The van der Waals surface area contributed by atoms with E-state index in [4.69, 9.17) is 0 Å². The van der Waals surface area contributed by atoms with Gasteiger partial charge in [0.05, 0.1) is 10.2 Å². The number of thiazole rings is 1. The maximum atomic E-state index is 14.0. The number of amides is 1. The molecule has 1 heterocycles. The Kier molecular flexibility index (Phi) is 4.71. The average molecular weight is 390 g/mol. The van der Waals surface area contributed by atoms with Crippen LogP contribution < -0.4 is 4.80 Å². The minimum Gasteiger partial charge on any atom is -0.317 e. The Morgan fingerprint density at radius 1 is 0.857 bits per heavy atom. The summed E-state index contributed by atoms with van der Waals surface area (Å²) in [5, 5.41) is 0. The summed E-state index contributed by atoms with van der Waals surface area (Å²) in [6.07, 6.45) is 0. The molecule has 0 saturated carbocycles. The van der Waals surface area contributed by atoms with Gasteiger partial charge in [-0.1, -0.05) is 59.9 Å². The van der Waals surface area contributed by atoms with Crippen molar-refractivity contribution in [1.29, 1.82) is 0 Å². The summed E-state index contributed by atoms with van der Waals surface area (Å²) in [5.74, 6) is -0.905. The van der Waals surface area contributed by atoms with Gasteiger partial charge in [-0.05, 0) is 24.3 Å². The Morgan fingerprint density at radius 3 is 2.18 bits per heavy atom. The highest BCUT2D eigenvalue weighted by molar-refractivity contribution is 7.16. The van der Waals surface area contributed by atoms with Gasteiger partial charge in [-0.2, -0.15) is 4.99 Å². The maximum absolute atomic E-state index is 14.0. The number of carbonyl (C=O) groups is 2. The van der Waals surface area contributed by atoms with Crippen LogP contribution in [0.2, 0.25) is 0 Å². The zero-order valence-corrected chi connectivity index (χ0v) is 15.7. The van der Waals surface area contributed by atoms with Gasteiger partial charge in [0.25, 0.3) is 5.91 Å². The lowest BCUT2D eigenvalue weighted by Gasteiger charge is -2.02. The highest BCUT2D eigenvalue weighted by Gasteiger charge is 2.12. The Balaban J connectivity index is 1.64. The van der Waals surface area contributed by atoms with Crippen molar-refractivity contribution in [2.75, 3.05) is 0 Å². The highest BCUT2D eigenvalue weighted by Crippen LogP contribution is 2.19. The number of hydrogen-bond donors (Lipinski definition) is 0. The largest absolute Gasteiger partial charge is 0.317 e. The van der Waals surface area contributed by atoms with E-state index in [0.717, 1.165) is 4.70 Å². The van der Waals surface area contributed by atoms with E-state index in [1.807, 2.05) is 6.07 Å². The second-order valence-corrected chi connectivity index (χ2v) is 7.23. The number of carbonyl (C=O) groups excluding carboxylic acids is 2. The smallest absolute Gasteiger partial charge is 0.279 e. The molecule has 0 spiro atoms. The lowest BCUT2D eigenvalue weighted by atomic mass is 10.0. The maximum Gasteiger partial charge on any atom is 0.279 e. The summed E-state index contributed by atoms with van der Waals surface area (Å²) in [7, 11) is 1.68. The summed E-state index contributed by atoms with van der Waals surface area (Å²) >= 11 is 1.25. The molecule has 4 aromatic rings. The molecule has 6 heteroatoms. The molecule has 1 amide bonds. The Bertz CT molecular complexity index is 1260. The lowest BCUT2D eigenvalue weighted by molar-refractivity contribution is 0.0994. The zero-order valence-electron chi connectivity index (χ0n) is 14.9. The van der Waals surface area contributed by atoms with Crippen LogP contribution in [0.15, 0.2) is 77.8 Å². The van der Waals surface area contributed by atoms with Gasteiger partial charge >= 0.3 is 0 Å². The lowest BCUT2D eigenvalue weighted by Crippen LogP contribution is -2.14. The van der Waals surface area contributed by atoms with E-state index < -0.39 is 5.91 Å². The van der Waals surface area contributed by atoms with E-state index in [1.54, 1.807) is 72.3 Å². The normalized spacial score (nSPS) is 11.7. The molecule has 0 N–H and O–H groups in total. The summed E-state index contributed by atoms with van der Waals surface area (Å²) in [6.45, 7) is 0. The summed E-state index contributed by atoms with van der Waals surface area (Å²) in [6, 6.07) is 20.1. The fraction of sp³-hybridized carbons (Fsp3) is 0.0455. The van der Waals surface area contributed by atoms with Gasteiger partial charge in [-0.15, -0.1) is 0 Å². The first-order valence-corrected chi connectivity index (χ1v) is 9.39. The van der Waals surface area contributed by atoms with E-state index in [9.17, 15) is 14.0 Å². The third-order valence-corrected chi connectivity index (χ3v) is 5.50. The number of para-hydroxylation sites is 1. The summed E-state index contributed by atoms with van der Waals surface area (Å²) < 4.78 is 16.3. The van der Waals surface area contributed by atoms with Crippen LogP contribution >= 0.6 is 11.3 Å². The Hall–Kier alpha value is -3.38. The molecule has 3 aromatic carbocycles.